The topological polar surface area (TPSA) is 58.8 Å². The molecule has 1 spiro atoms. The molecule has 2 aromatic rings. The van der Waals surface area contributed by atoms with Gasteiger partial charge in [-0.25, -0.2) is 4.79 Å². The third kappa shape index (κ3) is 2.41. The van der Waals surface area contributed by atoms with E-state index in [4.69, 9.17) is 9.15 Å². The zero-order valence-corrected chi connectivity index (χ0v) is 14.6. The van der Waals surface area contributed by atoms with Gasteiger partial charge in [-0.1, -0.05) is 26.8 Å². The summed E-state index contributed by atoms with van der Waals surface area (Å²) in [5.41, 5.74) is 2.55. The minimum atomic E-state index is -0.428. The number of oxazole rings is 1. The van der Waals surface area contributed by atoms with Crippen molar-refractivity contribution in [1.82, 2.24) is 9.88 Å². The van der Waals surface area contributed by atoms with Crippen molar-refractivity contribution in [2.75, 3.05) is 31.6 Å². The number of carbonyl (C=O) groups is 1. The summed E-state index contributed by atoms with van der Waals surface area (Å²) in [5, 5.41) is 0. The van der Waals surface area contributed by atoms with Crippen LogP contribution in [-0.4, -0.2) is 48.3 Å². The Kier molecular flexibility index (Phi) is 3.11. The van der Waals surface area contributed by atoms with Gasteiger partial charge in [-0.05, 0) is 23.1 Å². The number of anilines is 1. The molecule has 24 heavy (non-hydrogen) atoms. The van der Waals surface area contributed by atoms with Gasteiger partial charge in [0.2, 0.25) is 0 Å². The maximum absolute atomic E-state index is 11.7. The Morgan fingerprint density at radius 1 is 1.25 bits per heavy atom. The predicted octanol–water partition coefficient (Wildman–Crippen LogP) is 3.16. The first kappa shape index (κ1) is 15.3. The van der Waals surface area contributed by atoms with Crippen molar-refractivity contribution >= 4 is 23.2 Å². The number of nitrogens with zero attached hydrogens (tertiary/aromatic N) is 3. The fraction of sp³-hybridized carbons (Fsp3) is 0.556. The van der Waals surface area contributed by atoms with Crippen molar-refractivity contribution < 1.29 is 13.9 Å². The predicted molar refractivity (Wildman–Crippen MR) is 91.4 cm³/mol. The first-order valence-electron chi connectivity index (χ1n) is 8.36. The van der Waals surface area contributed by atoms with Crippen LogP contribution < -0.4 is 4.90 Å². The van der Waals surface area contributed by atoms with Gasteiger partial charge in [0.25, 0.3) is 6.01 Å². The number of ether oxygens (including phenoxy) is 1. The van der Waals surface area contributed by atoms with E-state index in [9.17, 15) is 4.79 Å². The van der Waals surface area contributed by atoms with E-state index < -0.39 is 5.60 Å². The fourth-order valence-electron chi connectivity index (χ4n) is 3.53. The average Bonchev–Trinajstić information content (AvgIpc) is 3.15. The zero-order chi connectivity index (χ0) is 17.1. The van der Waals surface area contributed by atoms with Crippen molar-refractivity contribution in [2.24, 2.45) is 0 Å². The first-order chi connectivity index (χ1) is 11.3. The molecule has 6 nitrogen and oxygen atoms in total. The maximum atomic E-state index is 11.7. The number of hydrogen-bond donors (Lipinski definition) is 0. The third-order valence-electron chi connectivity index (χ3n) is 4.97. The highest BCUT2D eigenvalue weighted by atomic mass is 16.6. The number of carbonyl (C=O) groups excluding carboxylic acids is 1. The molecule has 4 rings (SSSR count). The van der Waals surface area contributed by atoms with E-state index in [1.54, 1.807) is 11.9 Å². The second-order valence-corrected chi connectivity index (χ2v) is 8.01. The second kappa shape index (κ2) is 4.88. The lowest BCUT2D eigenvalue weighted by Crippen LogP contribution is -2.37. The van der Waals surface area contributed by atoms with Gasteiger partial charge < -0.3 is 19.0 Å². The van der Waals surface area contributed by atoms with Gasteiger partial charge in [-0.3, -0.25) is 0 Å². The lowest BCUT2D eigenvalue weighted by molar-refractivity contribution is 0.0740. The minimum Gasteiger partial charge on any atom is -0.439 e. The quantitative estimate of drug-likeness (QED) is 0.804. The van der Waals surface area contributed by atoms with Crippen LogP contribution in [0.1, 0.15) is 32.8 Å². The van der Waals surface area contributed by atoms with Gasteiger partial charge in [-0.15, -0.1) is 0 Å². The summed E-state index contributed by atoms with van der Waals surface area (Å²) >= 11 is 0. The Labute approximate surface area is 141 Å². The monoisotopic (exact) mass is 329 g/mol. The Morgan fingerprint density at radius 2 is 2.04 bits per heavy atom. The van der Waals surface area contributed by atoms with Crippen LogP contribution in [0.25, 0.3) is 11.1 Å². The van der Waals surface area contributed by atoms with Crippen molar-refractivity contribution in [1.29, 1.82) is 0 Å². The molecule has 2 aliphatic rings. The van der Waals surface area contributed by atoms with E-state index in [-0.39, 0.29) is 11.5 Å². The van der Waals surface area contributed by atoms with Crippen LogP contribution in [0, 0.1) is 0 Å². The van der Waals surface area contributed by atoms with E-state index in [1.807, 2.05) is 6.07 Å². The molecule has 0 bridgehead atoms. The molecular weight excluding hydrogens is 306 g/mol. The smallest absolute Gasteiger partial charge is 0.410 e. The lowest BCUT2D eigenvalue weighted by atomic mass is 9.87. The average molecular weight is 329 g/mol. The molecule has 3 heterocycles. The van der Waals surface area contributed by atoms with Gasteiger partial charge in [0.1, 0.15) is 5.52 Å². The van der Waals surface area contributed by atoms with Gasteiger partial charge in [0.05, 0.1) is 13.1 Å². The number of amides is 1. The summed E-state index contributed by atoms with van der Waals surface area (Å²) in [5.74, 6) is 0. The largest absolute Gasteiger partial charge is 0.439 e. The summed E-state index contributed by atoms with van der Waals surface area (Å²) < 4.78 is 11.5. The van der Waals surface area contributed by atoms with Crippen molar-refractivity contribution in [3.8, 4) is 0 Å². The van der Waals surface area contributed by atoms with E-state index >= 15 is 0 Å². The molecule has 1 amide bonds. The number of fused-ring (bicyclic) bond motifs is 1. The summed E-state index contributed by atoms with van der Waals surface area (Å²) in [4.78, 5) is 20.1. The van der Waals surface area contributed by atoms with Crippen molar-refractivity contribution in [2.45, 2.75) is 38.2 Å². The lowest BCUT2D eigenvalue weighted by Gasteiger charge is -2.20. The standard InChI is InChI=1S/C18H23N3O3/c1-17(2,3)12-5-6-14-13(9-12)19-15(23-14)21-8-7-18(11-21)10-20(4)16(22)24-18/h5-6,9H,7-8,10-11H2,1-4H3. The number of aromatic nitrogens is 1. The van der Waals surface area contributed by atoms with Gasteiger partial charge in [-0.2, -0.15) is 4.98 Å². The third-order valence-corrected chi connectivity index (χ3v) is 4.97. The van der Waals surface area contributed by atoms with Crippen LogP contribution in [0.5, 0.6) is 0 Å². The molecule has 1 aromatic carbocycles. The van der Waals surface area contributed by atoms with Crippen LogP contribution in [0.15, 0.2) is 22.6 Å². The number of rotatable bonds is 1. The van der Waals surface area contributed by atoms with Crippen LogP contribution in [0.2, 0.25) is 0 Å². The number of hydrogen-bond acceptors (Lipinski definition) is 5. The highest BCUT2D eigenvalue weighted by Crippen LogP contribution is 2.35. The molecule has 128 valence electrons. The SMILES string of the molecule is CN1CC2(CCN(c3nc4cc(C(C)(C)C)ccc4o3)C2)OC1=O. The summed E-state index contributed by atoms with van der Waals surface area (Å²) in [6, 6.07) is 6.79. The van der Waals surface area contributed by atoms with Crippen molar-refractivity contribution in [3.63, 3.8) is 0 Å². The summed E-state index contributed by atoms with van der Waals surface area (Å²) in [7, 11) is 1.77. The van der Waals surface area contributed by atoms with Crippen LogP contribution in [0.4, 0.5) is 10.8 Å². The van der Waals surface area contributed by atoms with Gasteiger partial charge >= 0.3 is 6.09 Å². The summed E-state index contributed by atoms with van der Waals surface area (Å²) in [6.45, 7) is 8.58. The molecule has 1 aromatic heterocycles. The molecule has 6 heteroatoms. The van der Waals surface area contributed by atoms with Crippen LogP contribution >= 0.6 is 0 Å². The highest BCUT2D eigenvalue weighted by Gasteiger charge is 2.49. The maximum Gasteiger partial charge on any atom is 0.410 e. The molecule has 0 aliphatic carbocycles. The Hall–Kier alpha value is -2.24. The molecule has 1 unspecified atom stereocenters. The van der Waals surface area contributed by atoms with Gasteiger partial charge in [0.15, 0.2) is 11.2 Å². The van der Waals surface area contributed by atoms with Gasteiger partial charge in [0, 0.05) is 20.0 Å². The highest BCUT2D eigenvalue weighted by molar-refractivity contribution is 5.76. The fourth-order valence-corrected chi connectivity index (χ4v) is 3.53. The molecule has 2 aliphatic heterocycles. The molecular formula is C18H23N3O3. The van der Waals surface area contributed by atoms with Crippen LogP contribution in [0.3, 0.4) is 0 Å². The van der Waals surface area contributed by atoms with Crippen LogP contribution in [-0.2, 0) is 10.2 Å². The van der Waals surface area contributed by atoms with E-state index in [1.165, 1.54) is 5.56 Å². The van der Waals surface area contributed by atoms with E-state index in [0.29, 0.717) is 19.1 Å². The molecule has 1 atom stereocenters. The molecule has 0 radical (unpaired) electrons. The molecule has 0 saturated carbocycles. The van der Waals surface area contributed by atoms with E-state index in [2.05, 4.69) is 42.8 Å². The number of benzene rings is 1. The normalized spacial score (nSPS) is 24.4. The zero-order valence-electron chi connectivity index (χ0n) is 14.6. The molecule has 0 N–H and O–H groups in total. The number of likely N-dealkylation sites (N-methyl/N-ethyl adjacent to an activating group) is 1. The Balaban J connectivity index is 1.60. The first-order valence-corrected chi connectivity index (χ1v) is 8.36. The van der Waals surface area contributed by atoms with Crippen molar-refractivity contribution in [3.05, 3.63) is 23.8 Å². The Bertz CT molecular complexity index is 807. The molecule has 2 fully saturated rings. The Morgan fingerprint density at radius 3 is 2.71 bits per heavy atom. The summed E-state index contributed by atoms with van der Waals surface area (Å²) in [6.07, 6.45) is 0.555. The minimum absolute atomic E-state index is 0.0770. The second-order valence-electron chi connectivity index (χ2n) is 8.01. The molecule has 2 saturated heterocycles. The van der Waals surface area contributed by atoms with E-state index in [0.717, 1.165) is 24.1 Å².